The molecule has 2 aromatic rings. The van der Waals surface area contributed by atoms with Crippen LogP contribution in [0.5, 0.6) is 0 Å². The molecule has 1 aromatic heterocycles. The van der Waals surface area contributed by atoms with Crippen molar-refractivity contribution in [2.24, 2.45) is 0 Å². The van der Waals surface area contributed by atoms with E-state index in [-0.39, 0.29) is 5.57 Å². The molecule has 1 amide bonds. The Morgan fingerprint density at radius 2 is 2.00 bits per heavy atom. The molecule has 0 saturated heterocycles. The third kappa shape index (κ3) is 3.99. The summed E-state index contributed by atoms with van der Waals surface area (Å²) in [5, 5.41) is 20.9. The molecule has 0 bridgehead atoms. The highest BCUT2D eigenvalue weighted by Gasteiger charge is 2.12. The number of hydrogen-bond acceptors (Lipinski definition) is 5. The minimum absolute atomic E-state index is 0.0400. The van der Waals surface area contributed by atoms with Crippen molar-refractivity contribution in [1.82, 2.24) is 10.2 Å². The number of aryl methyl sites for hydroxylation is 3. The van der Waals surface area contributed by atoms with Gasteiger partial charge in [-0.3, -0.25) is 10.1 Å². The molecule has 6 heteroatoms. The third-order valence-electron chi connectivity index (χ3n) is 2.91. The summed E-state index contributed by atoms with van der Waals surface area (Å²) in [7, 11) is 0. The average molecular weight is 312 g/mol. The lowest BCUT2D eigenvalue weighted by molar-refractivity contribution is -0.112. The number of rotatable bonds is 4. The normalized spacial score (nSPS) is 11.1. The van der Waals surface area contributed by atoms with Gasteiger partial charge in [0.2, 0.25) is 5.13 Å². The molecule has 2 rings (SSSR count). The zero-order valence-electron chi connectivity index (χ0n) is 12.7. The van der Waals surface area contributed by atoms with Gasteiger partial charge < -0.3 is 0 Å². The van der Waals surface area contributed by atoms with Crippen LogP contribution in [0, 0.1) is 25.2 Å². The highest BCUT2D eigenvalue weighted by molar-refractivity contribution is 7.15. The minimum atomic E-state index is -0.472. The van der Waals surface area contributed by atoms with E-state index in [2.05, 4.69) is 15.5 Å². The number of nitriles is 1. The average Bonchev–Trinajstić information content (AvgIpc) is 2.91. The first kappa shape index (κ1) is 15.9. The topological polar surface area (TPSA) is 78.7 Å². The maximum atomic E-state index is 12.2. The second-order valence-corrected chi connectivity index (χ2v) is 5.96. The standard InChI is InChI=1S/C16H16N4OS/c1-4-14-19-20-16(22-14)18-15(21)13(9-17)8-12-6-10(2)5-11(3)7-12/h5-8H,4H2,1-3H3,(H,18,20,21)/b13-8+. The Morgan fingerprint density at radius 1 is 1.32 bits per heavy atom. The van der Waals surface area contributed by atoms with Crippen LogP contribution in [0.25, 0.3) is 6.08 Å². The molecule has 1 heterocycles. The van der Waals surface area contributed by atoms with E-state index in [9.17, 15) is 10.1 Å². The number of aromatic nitrogens is 2. The summed E-state index contributed by atoms with van der Waals surface area (Å²) in [6.45, 7) is 5.92. The second kappa shape index (κ2) is 6.96. The number of nitrogens with zero attached hydrogens (tertiary/aromatic N) is 3. The SMILES string of the molecule is CCc1nnc(NC(=O)/C(C#N)=C/c2cc(C)cc(C)c2)s1. The van der Waals surface area contributed by atoms with Crippen LogP contribution >= 0.6 is 11.3 Å². The van der Waals surface area contributed by atoms with Gasteiger partial charge in [0.1, 0.15) is 16.6 Å². The van der Waals surface area contributed by atoms with E-state index >= 15 is 0 Å². The van der Waals surface area contributed by atoms with Crippen molar-refractivity contribution in [3.05, 3.63) is 45.5 Å². The Labute approximate surface area is 133 Å². The van der Waals surface area contributed by atoms with Crippen molar-refractivity contribution in [1.29, 1.82) is 5.26 Å². The first-order chi connectivity index (χ1) is 10.5. The quantitative estimate of drug-likeness (QED) is 0.694. The Kier molecular flexibility index (Phi) is 5.02. The zero-order valence-corrected chi connectivity index (χ0v) is 13.5. The molecule has 0 aliphatic heterocycles. The number of hydrogen-bond donors (Lipinski definition) is 1. The number of benzene rings is 1. The van der Waals surface area contributed by atoms with Crippen LogP contribution in [-0.4, -0.2) is 16.1 Å². The van der Waals surface area contributed by atoms with Gasteiger partial charge in [-0.2, -0.15) is 5.26 Å². The van der Waals surface area contributed by atoms with Gasteiger partial charge in [0, 0.05) is 0 Å². The van der Waals surface area contributed by atoms with Crippen LogP contribution in [0.15, 0.2) is 23.8 Å². The summed E-state index contributed by atoms with van der Waals surface area (Å²) in [6, 6.07) is 7.83. The van der Waals surface area contributed by atoms with Crippen molar-refractivity contribution in [3.8, 4) is 6.07 Å². The van der Waals surface area contributed by atoms with E-state index in [0.717, 1.165) is 28.1 Å². The number of carbonyl (C=O) groups is 1. The molecule has 0 unspecified atom stereocenters. The molecule has 0 aliphatic carbocycles. The molecule has 1 N–H and O–H groups in total. The van der Waals surface area contributed by atoms with Crippen LogP contribution < -0.4 is 5.32 Å². The summed E-state index contributed by atoms with van der Waals surface area (Å²) in [5.41, 5.74) is 3.04. The summed E-state index contributed by atoms with van der Waals surface area (Å²) in [5.74, 6) is -0.472. The van der Waals surface area contributed by atoms with Crippen molar-refractivity contribution < 1.29 is 4.79 Å². The van der Waals surface area contributed by atoms with Crippen molar-refractivity contribution in [2.75, 3.05) is 5.32 Å². The van der Waals surface area contributed by atoms with Crippen LogP contribution in [0.4, 0.5) is 5.13 Å². The van der Waals surface area contributed by atoms with E-state index in [4.69, 9.17) is 0 Å². The lowest BCUT2D eigenvalue weighted by atomic mass is 10.1. The predicted molar refractivity (Wildman–Crippen MR) is 87.4 cm³/mol. The molecule has 0 radical (unpaired) electrons. The summed E-state index contributed by atoms with van der Waals surface area (Å²) in [6.07, 6.45) is 2.34. The van der Waals surface area contributed by atoms with Gasteiger partial charge in [-0.25, -0.2) is 0 Å². The van der Waals surface area contributed by atoms with E-state index in [1.54, 1.807) is 6.08 Å². The fraction of sp³-hybridized carbons (Fsp3) is 0.250. The predicted octanol–water partition coefficient (Wildman–Crippen LogP) is 3.26. The van der Waals surface area contributed by atoms with E-state index in [1.165, 1.54) is 11.3 Å². The molecule has 0 saturated carbocycles. The number of nitrogens with one attached hydrogen (secondary N) is 1. The Morgan fingerprint density at radius 3 is 2.55 bits per heavy atom. The molecule has 112 valence electrons. The van der Waals surface area contributed by atoms with Crippen LogP contribution in [0.1, 0.15) is 28.6 Å². The van der Waals surface area contributed by atoms with Gasteiger partial charge in [0.25, 0.3) is 5.91 Å². The molecular formula is C16H16N4OS. The molecule has 0 aliphatic rings. The third-order valence-corrected chi connectivity index (χ3v) is 3.89. The Hall–Kier alpha value is -2.52. The van der Waals surface area contributed by atoms with E-state index in [1.807, 2.05) is 45.0 Å². The molecule has 0 spiro atoms. The van der Waals surface area contributed by atoms with Crippen LogP contribution in [-0.2, 0) is 11.2 Å². The van der Waals surface area contributed by atoms with Gasteiger partial charge >= 0.3 is 0 Å². The Bertz CT molecular complexity index is 750. The van der Waals surface area contributed by atoms with Crippen LogP contribution in [0.3, 0.4) is 0 Å². The second-order valence-electron chi connectivity index (χ2n) is 4.90. The van der Waals surface area contributed by atoms with Gasteiger partial charge in [0.05, 0.1) is 0 Å². The highest BCUT2D eigenvalue weighted by atomic mass is 32.1. The first-order valence-corrected chi connectivity index (χ1v) is 7.67. The van der Waals surface area contributed by atoms with E-state index < -0.39 is 5.91 Å². The maximum absolute atomic E-state index is 12.2. The summed E-state index contributed by atoms with van der Waals surface area (Å²) in [4.78, 5) is 12.2. The van der Waals surface area contributed by atoms with Gasteiger partial charge in [-0.1, -0.05) is 47.6 Å². The number of carbonyl (C=O) groups excluding carboxylic acids is 1. The highest BCUT2D eigenvalue weighted by Crippen LogP contribution is 2.17. The van der Waals surface area contributed by atoms with Crippen molar-refractivity contribution in [2.45, 2.75) is 27.2 Å². The lowest BCUT2D eigenvalue weighted by Crippen LogP contribution is -2.13. The van der Waals surface area contributed by atoms with E-state index in [0.29, 0.717) is 5.13 Å². The van der Waals surface area contributed by atoms with Crippen molar-refractivity contribution >= 4 is 28.5 Å². The fourth-order valence-corrected chi connectivity index (χ4v) is 2.69. The molecule has 22 heavy (non-hydrogen) atoms. The smallest absolute Gasteiger partial charge is 0.268 e. The number of amides is 1. The van der Waals surface area contributed by atoms with Crippen LogP contribution in [0.2, 0.25) is 0 Å². The fourth-order valence-electron chi connectivity index (χ4n) is 2.02. The largest absolute Gasteiger partial charge is 0.296 e. The van der Waals surface area contributed by atoms with Gasteiger partial charge in [-0.15, -0.1) is 10.2 Å². The molecule has 1 aromatic carbocycles. The molecule has 0 fully saturated rings. The summed E-state index contributed by atoms with van der Waals surface area (Å²) >= 11 is 1.31. The molecule has 5 nitrogen and oxygen atoms in total. The molecule has 0 atom stereocenters. The van der Waals surface area contributed by atoms with Crippen molar-refractivity contribution in [3.63, 3.8) is 0 Å². The maximum Gasteiger partial charge on any atom is 0.268 e. The summed E-state index contributed by atoms with van der Waals surface area (Å²) < 4.78 is 0. The van der Waals surface area contributed by atoms with Gasteiger partial charge in [-0.05, 0) is 31.9 Å². The minimum Gasteiger partial charge on any atom is -0.296 e. The lowest BCUT2D eigenvalue weighted by Gasteiger charge is -2.02. The molecular weight excluding hydrogens is 296 g/mol. The first-order valence-electron chi connectivity index (χ1n) is 6.85. The monoisotopic (exact) mass is 312 g/mol. The van der Waals surface area contributed by atoms with Gasteiger partial charge in [0.15, 0.2) is 0 Å². The zero-order chi connectivity index (χ0) is 16.1. The Balaban J connectivity index is 2.21. The number of anilines is 1.